The van der Waals surface area contributed by atoms with Gasteiger partial charge in [-0.1, -0.05) is 0 Å². The number of piperidine rings is 1. The summed E-state index contributed by atoms with van der Waals surface area (Å²) in [6, 6.07) is 2.65. The van der Waals surface area contributed by atoms with Crippen molar-refractivity contribution in [1.29, 1.82) is 0 Å². The number of pyridine rings is 1. The number of carbonyl (C=O) groups excluding carboxylic acids is 2. The van der Waals surface area contributed by atoms with E-state index in [4.69, 9.17) is 0 Å². The standard InChI is InChI=1S/C17H21N3O5/c21-14-4-3-11(8-18-14)15(22)20-9-12(7-13(10-20)17(24)25)16(23)19-5-1-2-6-19/h3-4,8,12-13H,1-2,5-7,9-10H2,(H,18,21)(H,24,25)/t12-,13+/m1/s1. The van der Waals surface area contributed by atoms with Crippen LogP contribution in [0.4, 0.5) is 0 Å². The second-order valence-electron chi connectivity index (χ2n) is 6.65. The zero-order chi connectivity index (χ0) is 18.0. The lowest BCUT2D eigenvalue weighted by atomic mass is 9.88. The number of nitrogens with one attached hydrogen (secondary N) is 1. The summed E-state index contributed by atoms with van der Waals surface area (Å²) in [7, 11) is 0. The minimum Gasteiger partial charge on any atom is -0.481 e. The number of carbonyl (C=O) groups is 3. The Labute approximate surface area is 144 Å². The summed E-state index contributed by atoms with van der Waals surface area (Å²) in [5.74, 6) is -2.71. The number of likely N-dealkylation sites (tertiary alicyclic amines) is 2. The third-order valence-electron chi connectivity index (χ3n) is 4.89. The molecule has 3 heterocycles. The SMILES string of the molecule is O=C(O)[C@H]1C[C@@H](C(=O)N2CCCC2)CN(C(=O)c2ccc(=O)[nH]c2)C1. The van der Waals surface area contributed by atoms with E-state index in [2.05, 4.69) is 4.98 Å². The zero-order valence-electron chi connectivity index (χ0n) is 13.8. The smallest absolute Gasteiger partial charge is 0.308 e. The normalized spacial score (nSPS) is 23.5. The van der Waals surface area contributed by atoms with E-state index in [1.54, 1.807) is 4.90 Å². The Morgan fingerprint density at radius 3 is 2.32 bits per heavy atom. The average molecular weight is 347 g/mol. The van der Waals surface area contributed by atoms with Crippen molar-refractivity contribution in [2.45, 2.75) is 19.3 Å². The van der Waals surface area contributed by atoms with Crippen LogP contribution in [-0.2, 0) is 9.59 Å². The summed E-state index contributed by atoms with van der Waals surface area (Å²) in [5, 5.41) is 9.40. The van der Waals surface area contributed by atoms with Gasteiger partial charge in [-0.2, -0.15) is 0 Å². The van der Waals surface area contributed by atoms with Gasteiger partial charge in [-0.25, -0.2) is 0 Å². The van der Waals surface area contributed by atoms with Crippen molar-refractivity contribution in [1.82, 2.24) is 14.8 Å². The summed E-state index contributed by atoms with van der Waals surface area (Å²) in [6.07, 6.45) is 3.48. The molecule has 3 rings (SSSR count). The van der Waals surface area contributed by atoms with Gasteiger partial charge in [0, 0.05) is 38.4 Å². The number of carboxylic acid groups (broad SMARTS) is 1. The quantitative estimate of drug-likeness (QED) is 0.809. The molecule has 2 fully saturated rings. The molecule has 2 amide bonds. The van der Waals surface area contributed by atoms with E-state index in [0.717, 1.165) is 12.8 Å². The highest BCUT2D eigenvalue weighted by atomic mass is 16.4. The lowest BCUT2D eigenvalue weighted by Crippen LogP contribution is -2.50. The monoisotopic (exact) mass is 347 g/mol. The first kappa shape index (κ1) is 17.2. The number of aromatic nitrogens is 1. The van der Waals surface area contributed by atoms with Gasteiger partial charge in [0.2, 0.25) is 11.5 Å². The predicted molar refractivity (Wildman–Crippen MR) is 88.0 cm³/mol. The Hall–Kier alpha value is -2.64. The number of nitrogens with zero attached hydrogens (tertiary/aromatic N) is 2. The van der Waals surface area contributed by atoms with Crippen molar-refractivity contribution in [3.05, 3.63) is 34.2 Å². The number of aromatic amines is 1. The summed E-state index contributed by atoms with van der Waals surface area (Å²) < 4.78 is 0. The Morgan fingerprint density at radius 2 is 1.72 bits per heavy atom. The van der Waals surface area contributed by atoms with Crippen molar-refractivity contribution in [2.24, 2.45) is 11.8 Å². The second-order valence-corrected chi connectivity index (χ2v) is 6.65. The van der Waals surface area contributed by atoms with Crippen molar-refractivity contribution in [2.75, 3.05) is 26.2 Å². The Balaban J connectivity index is 1.79. The maximum atomic E-state index is 12.7. The van der Waals surface area contributed by atoms with Crippen LogP contribution in [0.15, 0.2) is 23.1 Å². The molecular formula is C17H21N3O5. The number of amides is 2. The predicted octanol–water partition coefficient (Wildman–Crippen LogP) is 0.160. The van der Waals surface area contributed by atoms with Gasteiger partial charge in [-0.15, -0.1) is 0 Å². The highest BCUT2D eigenvalue weighted by molar-refractivity contribution is 5.95. The van der Waals surface area contributed by atoms with Crippen LogP contribution < -0.4 is 5.56 Å². The highest BCUT2D eigenvalue weighted by Gasteiger charge is 2.39. The van der Waals surface area contributed by atoms with Crippen molar-refractivity contribution in [3.8, 4) is 0 Å². The zero-order valence-corrected chi connectivity index (χ0v) is 13.8. The summed E-state index contributed by atoms with van der Waals surface area (Å²) in [5.41, 5.74) is -0.0429. The minimum absolute atomic E-state index is 0.0665. The lowest BCUT2D eigenvalue weighted by Gasteiger charge is -2.37. The molecule has 1 aromatic rings. The first-order chi connectivity index (χ1) is 12.0. The maximum absolute atomic E-state index is 12.7. The van der Waals surface area contributed by atoms with E-state index in [1.807, 2.05) is 0 Å². The van der Waals surface area contributed by atoms with Crippen LogP contribution in [0.3, 0.4) is 0 Å². The molecule has 25 heavy (non-hydrogen) atoms. The molecule has 8 heteroatoms. The van der Waals surface area contributed by atoms with Crippen molar-refractivity contribution >= 4 is 17.8 Å². The van der Waals surface area contributed by atoms with Crippen LogP contribution in [0, 0.1) is 11.8 Å². The van der Waals surface area contributed by atoms with Gasteiger partial charge >= 0.3 is 5.97 Å². The second kappa shape index (κ2) is 7.08. The van der Waals surface area contributed by atoms with Gasteiger partial charge < -0.3 is 19.9 Å². The number of rotatable bonds is 3. The fourth-order valence-corrected chi connectivity index (χ4v) is 3.54. The van der Waals surface area contributed by atoms with Gasteiger partial charge in [-0.05, 0) is 25.3 Å². The summed E-state index contributed by atoms with van der Waals surface area (Å²) in [6.45, 7) is 1.66. The summed E-state index contributed by atoms with van der Waals surface area (Å²) in [4.78, 5) is 53.6. The fourth-order valence-electron chi connectivity index (χ4n) is 3.54. The molecule has 0 spiro atoms. The van der Waals surface area contributed by atoms with Crippen molar-refractivity contribution < 1.29 is 19.5 Å². The molecule has 134 valence electrons. The summed E-state index contributed by atoms with van der Waals surface area (Å²) >= 11 is 0. The Kier molecular flexibility index (Phi) is 4.87. The number of hydrogen-bond acceptors (Lipinski definition) is 4. The van der Waals surface area contributed by atoms with Gasteiger partial charge in [0.15, 0.2) is 0 Å². The van der Waals surface area contributed by atoms with Crippen molar-refractivity contribution in [3.63, 3.8) is 0 Å². The fraction of sp³-hybridized carbons (Fsp3) is 0.529. The third-order valence-corrected chi connectivity index (χ3v) is 4.89. The molecule has 0 radical (unpaired) electrons. The van der Waals surface area contributed by atoms with Crippen LogP contribution in [-0.4, -0.2) is 63.9 Å². The molecule has 2 saturated heterocycles. The Morgan fingerprint density at radius 1 is 1.04 bits per heavy atom. The van der Waals surface area contributed by atoms with E-state index in [9.17, 15) is 24.3 Å². The Bertz CT molecular complexity index is 718. The molecule has 0 saturated carbocycles. The van der Waals surface area contributed by atoms with Gasteiger partial charge in [-0.3, -0.25) is 19.2 Å². The van der Waals surface area contributed by atoms with Gasteiger partial charge in [0.1, 0.15) is 0 Å². The molecule has 2 atom stereocenters. The van der Waals surface area contributed by atoms with Crippen LogP contribution in [0.2, 0.25) is 0 Å². The van der Waals surface area contributed by atoms with Gasteiger partial charge in [0.25, 0.3) is 5.91 Å². The molecule has 0 unspecified atom stereocenters. The molecule has 0 aliphatic carbocycles. The molecular weight excluding hydrogens is 326 g/mol. The van der Waals surface area contributed by atoms with E-state index in [1.165, 1.54) is 23.2 Å². The largest absolute Gasteiger partial charge is 0.481 e. The first-order valence-corrected chi connectivity index (χ1v) is 8.45. The third kappa shape index (κ3) is 3.72. The first-order valence-electron chi connectivity index (χ1n) is 8.45. The van der Waals surface area contributed by atoms with Crippen LogP contribution in [0.1, 0.15) is 29.6 Å². The number of carboxylic acids is 1. The molecule has 2 N–H and O–H groups in total. The molecule has 0 aromatic carbocycles. The van der Waals surface area contributed by atoms with E-state index in [0.29, 0.717) is 13.1 Å². The van der Waals surface area contributed by atoms with E-state index in [-0.39, 0.29) is 42.4 Å². The average Bonchev–Trinajstić information content (AvgIpc) is 3.15. The number of hydrogen-bond donors (Lipinski definition) is 2. The lowest BCUT2D eigenvalue weighted by molar-refractivity contribution is -0.146. The molecule has 2 aliphatic rings. The van der Waals surface area contributed by atoms with Crippen LogP contribution in [0.25, 0.3) is 0 Å². The maximum Gasteiger partial charge on any atom is 0.308 e. The van der Waals surface area contributed by atoms with E-state index < -0.39 is 17.8 Å². The topological polar surface area (TPSA) is 111 Å². The number of H-pyrrole nitrogens is 1. The van der Waals surface area contributed by atoms with Crippen LogP contribution in [0.5, 0.6) is 0 Å². The minimum atomic E-state index is -1.00. The highest BCUT2D eigenvalue weighted by Crippen LogP contribution is 2.26. The molecule has 2 aliphatic heterocycles. The van der Waals surface area contributed by atoms with E-state index >= 15 is 0 Å². The number of aliphatic carboxylic acids is 1. The molecule has 1 aromatic heterocycles. The van der Waals surface area contributed by atoms with Crippen LogP contribution >= 0.6 is 0 Å². The van der Waals surface area contributed by atoms with Gasteiger partial charge in [0.05, 0.1) is 17.4 Å². The molecule has 0 bridgehead atoms. The molecule has 8 nitrogen and oxygen atoms in total.